The number of nitrogens with two attached hydrogens (primary N) is 1. The van der Waals surface area contributed by atoms with E-state index in [1.165, 1.54) is 23.1 Å². The Bertz CT molecular complexity index is 1320. The molecule has 0 saturated carbocycles. The van der Waals surface area contributed by atoms with Crippen LogP contribution in [0, 0.1) is 0 Å². The molecular formula is C18H13ClF3N9O. The van der Waals surface area contributed by atoms with Crippen LogP contribution in [0.3, 0.4) is 0 Å². The van der Waals surface area contributed by atoms with Crippen LogP contribution in [-0.2, 0) is 6.18 Å². The molecule has 0 aliphatic rings. The van der Waals surface area contributed by atoms with Crippen LogP contribution in [0.2, 0.25) is 5.02 Å². The average molecular weight is 464 g/mol. The van der Waals surface area contributed by atoms with Crippen molar-refractivity contribution in [2.45, 2.75) is 19.1 Å². The maximum Gasteiger partial charge on any atom is 0.418 e. The largest absolute Gasteiger partial charge is 0.418 e. The van der Waals surface area contributed by atoms with E-state index in [2.05, 4.69) is 35.3 Å². The summed E-state index contributed by atoms with van der Waals surface area (Å²) in [6, 6.07) is 2.89. The van der Waals surface area contributed by atoms with Crippen molar-refractivity contribution in [2.24, 2.45) is 5.73 Å². The molecule has 0 aliphatic heterocycles. The molecule has 32 heavy (non-hydrogen) atoms. The third-order valence-electron chi connectivity index (χ3n) is 4.45. The van der Waals surface area contributed by atoms with Crippen LogP contribution in [0.5, 0.6) is 0 Å². The van der Waals surface area contributed by atoms with Gasteiger partial charge in [0, 0.05) is 16.5 Å². The maximum absolute atomic E-state index is 13.4. The van der Waals surface area contributed by atoms with Crippen LogP contribution < -0.4 is 11.1 Å². The molecule has 0 spiro atoms. The number of rotatable bonds is 5. The van der Waals surface area contributed by atoms with Crippen molar-refractivity contribution in [3.63, 3.8) is 0 Å². The van der Waals surface area contributed by atoms with E-state index >= 15 is 0 Å². The molecule has 0 aliphatic carbocycles. The van der Waals surface area contributed by atoms with E-state index in [0.717, 1.165) is 18.7 Å². The number of nitrogens with zero attached hydrogens (tertiary/aromatic N) is 7. The molecule has 0 bridgehead atoms. The minimum atomic E-state index is -4.65. The molecule has 4 rings (SSSR count). The first kappa shape index (κ1) is 21.4. The molecule has 0 fully saturated rings. The summed E-state index contributed by atoms with van der Waals surface area (Å²) in [5.41, 5.74) is 3.96. The second-order valence-corrected chi connectivity index (χ2v) is 7.03. The Balaban J connectivity index is 1.73. The lowest BCUT2D eigenvalue weighted by Crippen LogP contribution is -2.18. The van der Waals surface area contributed by atoms with E-state index in [-0.39, 0.29) is 33.3 Å². The molecular weight excluding hydrogens is 451 g/mol. The molecule has 3 aromatic heterocycles. The smallest absolute Gasteiger partial charge is 0.364 e. The molecule has 3 heterocycles. The fourth-order valence-electron chi connectivity index (χ4n) is 3.05. The summed E-state index contributed by atoms with van der Waals surface area (Å²) in [7, 11) is 0. The Morgan fingerprint density at radius 1 is 1.09 bits per heavy atom. The van der Waals surface area contributed by atoms with Crippen LogP contribution >= 0.6 is 11.6 Å². The first-order valence-electron chi connectivity index (χ1n) is 8.95. The van der Waals surface area contributed by atoms with Gasteiger partial charge in [-0.15, -0.1) is 0 Å². The van der Waals surface area contributed by atoms with Crippen LogP contribution in [0.15, 0.2) is 37.2 Å². The van der Waals surface area contributed by atoms with Crippen LogP contribution in [0.1, 0.15) is 34.8 Å². The number of aromatic nitrogens is 7. The zero-order valence-electron chi connectivity index (χ0n) is 16.2. The summed E-state index contributed by atoms with van der Waals surface area (Å²) in [6.07, 6.45) is -1.21. The van der Waals surface area contributed by atoms with Crippen molar-refractivity contribution >= 4 is 34.2 Å². The Morgan fingerprint density at radius 2 is 1.84 bits per heavy atom. The topological polar surface area (TPSA) is 137 Å². The van der Waals surface area contributed by atoms with Gasteiger partial charge in [0.1, 0.15) is 30.5 Å². The molecule has 1 atom stereocenters. The van der Waals surface area contributed by atoms with Gasteiger partial charge in [0.2, 0.25) is 0 Å². The number of benzene rings is 1. The van der Waals surface area contributed by atoms with Gasteiger partial charge in [-0.2, -0.15) is 23.0 Å². The molecule has 164 valence electrons. The highest BCUT2D eigenvalue weighted by molar-refractivity contribution is 6.31. The summed E-state index contributed by atoms with van der Waals surface area (Å²) < 4.78 is 41.7. The zero-order valence-corrected chi connectivity index (χ0v) is 16.9. The predicted octanol–water partition coefficient (Wildman–Crippen LogP) is 2.94. The van der Waals surface area contributed by atoms with Gasteiger partial charge in [0.15, 0.2) is 11.6 Å². The predicted molar refractivity (Wildman–Crippen MR) is 107 cm³/mol. The van der Waals surface area contributed by atoms with Crippen molar-refractivity contribution in [1.29, 1.82) is 0 Å². The standard InChI is InChI=1S/C18H13ClF3N9O/c1-8(17-28-7-29-31(17)13-4-12(15(23)32)24-5-25-13)30-16-10-2-9(19)3-11(18(20,21)22)14(10)26-6-27-16/h2-8H,1H3,(H2,23,32)(H,26,27,30)/t8-/m0/s1. The first-order chi connectivity index (χ1) is 15.1. The van der Waals surface area contributed by atoms with E-state index in [1.54, 1.807) is 6.92 Å². The number of hydrogen-bond acceptors (Lipinski definition) is 8. The van der Waals surface area contributed by atoms with Crippen molar-refractivity contribution in [2.75, 3.05) is 5.32 Å². The number of amides is 1. The lowest BCUT2D eigenvalue weighted by Gasteiger charge is -2.17. The Labute approximate surface area is 182 Å². The number of halogens is 4. The quantitative estimate of drug-likeness (QED) is 0.460. The second kappa shape index (κ2) is 8.00. The first-order valence-corrected chi connectivity index (χ1v) is 9.33. The second-order valence-electron chi connectivity index (χ2n) is 6.59. The van der Waals surface area contributed by atoms with Crippen LogP contribution in [-0.4, -0.2) is 40.6 Å². The van der Waals surface area contributed by atoms with Gasteiger partial charge in [-0.3, -0.25) is 4.79 Å². The summed E-state index contributed by atoms with van der Waals surface area (Å²) in [6.45, 7) is 1.69. The van der Waals surface area contributed by atoms with Gasteiger partial charge in [-0.25, -0.2) is 24.9 Å². The molecule has 1 aromatic carbocycles. The maximum atomic E-state index is 13.4. The zero-order chi connectivity index (χ0) is 23.0. The third-order valence-corrected chi connectivity index (χ3v) is 4.66. The molecule has 0 radical (unpaired) electrons. The Hall–Kier alpha value is -3.87. The number of carbonyl (C=O) groups excluding carboxylic acids is 1. The molecule has 14 heteroatoms. The van der Waals surface area contributed by atoms with Crippen LogP contribution in [0.25, 0.3) is 16.7 Å². The molecule has 4 aromatic rings. The van der Waals surface area contributed by atoms with Crippen LogP contribution in [0.4, 0.5) is 19.0 Å². The van der Waals surface area contributed by atoms with Gasteiger partial charge in [-0.1, -0.05) is 11.6 Å². The van der Waals surface area contributed by atoms with Crippen molar-refractivity contribution in [3.05, 3.63) is 59.3 Å². The lowest BCUT2D eigenvalue weighted by atomic mass is 10.1. The van der Waals surface area contributed by atoms with Gasteiger partial charge in [-0.05, 0) is 19.1 Å². The van der Waals surface area contributed by atoms with Gasteiger partial charge in [0.05, 0.1) is 17.1 Å². The number of anilines is 1. The van der Waals surface area contributed by atoms with E-state index in [0.29, 0.717) is 5.82 Å². The fourth-order valence-corrected chi connectivity index (χ4v) is 3.27. The molecule has 10 nitrogen and oxygen atoms in total. The Kier molecular flexibility index (Phi) is 5.34. The number of primary amides is 1. The minimum absolute atomic E-state index is 0.0202. The summed E-state index contributed by atoms with van der Waals surface area (Å²) in [4.78, 5) is 31.3. The highest BCUT2D eigenvalue weighted by atomic mass is 35.5. The van der Waals surface area contributed by atoms with E-state index in [4.69, 9.17) is 17.3 Å². The van der Waals surface area contributed by atoms with E-state index < -0.39 is 23.7 Å². The van der Waals surface area contributed by atoms with E-state index in [1.807, 2.05) is 0 Å². The fraction of sp³-hybridized carbons (Fsp3) is 0.167. The van der Waals surface area contributed by atoms with E-state index in [9.17, 15) is 18.0 Å². The van der Waals surface area contributed by atoms with Crippen molar-refractivity contribution < 1.29 is 18.0 Å². The number of alkyl halides is 3. The summed E-state index contributed by atoms with van der Waals surface area (Å²) in [5.74, 6) is -0.0642. The minimum Gasteiger partial charge on any atom is -0.364 e. The molecule has 0 saturated heterocycles. The van der Waals surface area contributed by atoms with Crippen molar-refractivity contribution in [3.8, 4) is 5.82 Å². The molecule has 0 unspecified atom stereocenters. The number of hydrogen-bond donors (Lipinski definition) is 2. The molecule has 3 N–H and O–H groups in total. The third kappa shape index (κ3) is 4.01. The normalized spacial score (nSPS) is 12.7. The monoisotopic (exact) mass is 463 g/mol. The average Bonchev–Trinajstić information content (AvgIpc) is 3.23. The van der Waals surface area contributed by atoms with Crippen molar-refractivity contribution in [1.82, 2.24) is 34.7 Å². The number of nitrogens with one attached hydrogen (secondary N) is 1. The highest BCUT2D eigenvalue weighted by Crippen LogP contribution is 2.38. The number of fused-ring (bicyclic) bond motifs is 1. The van der Waals surface area contributed by atoms with Gasteiger partial charge in [0.25, 0.3) is 5.91 Å². The van der Waals surface area contributed by atoms with Gasteiger partial charge >= 0.3 is 6.18 Å². The lowest BCUT2D eigenvalue weighted by molar-refractivity contribution is -0.136. The summed E-state index contributed by atoms with van der Waals surface area (Å²) in [5, 5.41) is 7.07. The SMILES string of the molecule is C[C@H](Nc1ncnc2c(C(F)(F)F)cc(Cl)cc12)c1ncnn1-c1cc(C(N)=O)ncn1. The summed E-state index contributed by atoms with van der Waals surface area (Å²) >= 11 is 5.92. The number of carbonyl (C=O) groups is 1. The highest BCUT2D eigenvalue weighted by Gasteiger charge is 2.34. The molecule has 1 amide bonds. The van der Waals surface area contributed by atoms with Gasteiger partial charge < -0.3 is 11.1 Å². The Morgan fingerprint density at radius 3 is 2.56 bits per heavy atom.